The molecule has 0 bridgehead atoms. The molecule has 0 N–H and O–H groups in total. The van der Waals surface area contributed by atoms with Crippen molar-refractivity contribution in [1.29, 1.82) is 0 Å². The minimum absolute atomic E-state index is 0.245. The highest BCUT2D eigenvalue weighted by Gasteiger charge is 2.34. The summed E-state index contributed by atoms with van der Waals surface area (Å²) < 4.78 is 9.89. The zero-order valence-electron chi connectivity index (χ0n) is 11.7. The van der Waals surface area contributed by atoms with Crippen LogP contribution in [0.1, 0.15) is 29.6 Å². The van der Waals surface area contributed by atoms with Gasteiger partial charge in [-0.25, -0.2) is 9.78 Å². The van der Waals surface area contributed by atoms with Crippen LogP contribution in [0.5, 0.6) is 5.88 Å². The van der Waals surface area contributed by atoms with E-state index in [0.717, 1.165) is 12.8 Å². The molecule has 0 spiro atoms. The van der Waals surface area contributed by atoms with E-state index in [1.54, 1.807) is 23.2 Å². The molecule has 1 aliphatic heterocycles. The van der Waals surface area contributed by atoms with Gasteiger partial charge in [-0.2, -0.15) is 0 Å². The molecule has 0 aliphatic carbocycles. The van der Waals surface area contributed by atoms with E-state index in [1.165, 1.54) is 14.2 Å². The zero-order chi connectivity index (χ0) is 14.5. The molecule has 1 aliphatic rings. The minimum atomic E-state index is -0.522. The van der Waals surface area contributed by atoms with Crippen LogP contribution in [0.25, 0.3) is 0 Å². The lowest BCUT2D eigenvalue weighted by atomic mass is 10.0. The summed E-state index contributed by atoms with van der Waals surface area (Å²) in [5.41, 5.74) is 0.366. The van der Waals surface area contributed by atoms with Gasteiger partial charge in [-0.1, -0.05) is 0 Å². The third kappa shape index (κ3) is 2.74. The van der Waals surface area contributed by atoms with Gasteiger partial charge in [-0.05, 0) is 31.4 Å². The van der Waals surface area contributed by atoms with E-state index in [2.05, 4.69) is 4.98 Å². The highest BCUT2D eigenvalue weighted by Crippen LogP contribution is 2.23. The van der Waals surface area contributed by atoms with E-state index >= 15 is 0 Å². The normalized spacial score (nSPS) is 18.5. The molecule has 1 saturated heterocycles. The summed E-state index contributed by atoms with van der Waals surface area (Å²) >= 11 is 0. The number of hydrogen-bond donors (Lipinski definition) is 0. The van der Waals surface area contributed by atoms with Gasteiger partial charge in [-0.15, -0.1) is 0 Å². The van der Waals surface area contributed by atoms with Crippen molar-refractivity contribution in [3.05, 3.63) is 23.9 Å². The van der Waals surface area contributed by atoms with Crippen LogP contribution < -0.4 is 4.74 Å². The smallest absolute Gasteiger partial charge is 0.328 e. The molecule has 1 unspecified atom stereocenters. The summed E-state index contributed by atoms with van der Waals surface area (Å²) in [6.07, 6.45) is 3.97. The Hall–Kier alpha value is -2.11. The average molecular weight is 278 g/mol. The lowest BCUT2D eigenvalue weighted by Gasteiger charge is -2.33. The number of ether oxygens (including phenoxy) is 2. The average Bonchev–Trinajstić information content (AvgIpc) is 2.53. The Morgan fingerprint density at radius 3 is 2.85 bits per heavy atom. The maximum atomic E-state index is 12.6. The van der Waals surface area contributed by atoms with Gasteiger partial charge in [0.15, 0.2) is 0 Å². The van der Waals surface area contributed by atoms with Crippen LogP contribution in [0, 0.1) is 0 Å². The lowest BCUT2D eigenvalue weighted by molar-refractivity contribution is -0.147. The molecule has 1 amide bonds. The lowest BCUT2D eigenvalue weighted by Crippen LogP contribution is -2.48. The van der Waals surface area contributed by atoms with Crippen molar-refractivity contribution < 1.29 is 19.1 Å². The van der Waals surface area contributed by atoms with Gasteiger partial charge >= 0.3 is 5.97 Å². The summed E-state index contributed by atoms with van der Waals surface area (Å²) in [6.45, 7) is 0.538. The Kier molecular flexibility index (Phi) is 4.55. The predicted octanol–water partition coefficient (Wildman–Crippen LogP) is 1.26. The van der Waals surface area contributed by atoms with E-state index in [0.29, 0.717) is 18.5 Å². The van der Waals surface area contributed by atoms with Gasteiger partial charge in [0.2, 0.25) is 5.88 Å². The van der Waals surface area contributed by atoms with E-state index in [-0.39, 0.29) is 17.8 Å². The van der Waals surface area contributed by atoms with E-state index in [9.17, 15) is 9.59 Å². The Morgan fingerprint density at radius 1 is 1.35 bits per heavy atom. The van der Waals surface area contributed by atoms with Crippen LogP contribution in [-0.4, -0.2) is 48.6 Å². The van der Waals surface area contributed by atoms with E-state index in [1.807, 2.05) is 0 Å². The maximum Gasteiger partial charge on any atom is 0.328 e. The Bertz CT molecular complexity index is 504. The molecule has 1 atom stereocenters. The van der Waals surface area contributed by atoms with Crippen molar-refractivity contribution in [3.63, 3.8) is 0 Å². The van der Waals surface area contributed by atoms with Crippen molar-refractivity contribution in [2.45, 2.75) is 25.3 Å². The standard InChI is InChI=1S/C14H18N2O4/c1-19-12-10(6-5-8-15-12)13(17)16-9-4-3-7-11(16)14(18)20-2/h5-6,8,11H,3-4,7,9H2,1-2H3. The molecule has 6 nitrogen and oxygen atoms in total. The van der Waals surface area contributed by atoms with Crippen LogP contribution in [0.3, 0.4) is 0 Å². The zero-order valence-corrected chi connectivity index (χ0v) is 11.7. The molecular formula is C14H18N2O4. The predicted molar refractivity (Wildman–Crippen MR) is 71.5 cm³/mol. The Balaban J connectivity index is 2.27. The highest BCUT2D eigenvalue weighted by molar-refractivity contribution is 5.98. The first-order valence-electron chi connectivity index (χ1n) is 6.57. The fraction of sp³-hybridized carbons (Fsp3) is 0.500. The number of piperidine rings is 1. The van der Waals surface area contributed by atoms with Gasteiger partial charge in [0.25, 0.3) is 5.91 Å². The van der Waals surface area contributed by atoms with Gasteiger partial charge in [0, 0.05) is 12.7 Å². The van der Waals surface area contributed by atoms with Crippen molar-refractivity contribution in [2.75, 3.05) is 20.8 Å². The molecule has 0 saturated carbocycles. The summed E-state index contributed by atoms with van der Waals surface area (Å²) in [5.74, 6) is -0.349. The summed E-state index contributed by atoms with van der Waals surface area (Å²) in [5, 5.41) is 0. The van der Waals surface area contributed by atoms with Gasteiger partial charge < -0.3 is 14.4 Å². The number of nitrogens with zero attached hydrogens (tertiary/aromatic N) is 2. The number of rotatable bonds is 3. The van der Waals surface area contributed by atoms with Crippen LogP contribution in [0.2, 0.25) is 0 Å². The fourth-order valence-electron chi connectivity index (χ4n) is 2.43. The second kappa shape index (κ2) is 6.36. The quantitative estimate of drug-likeness (QED) is 0.778. The third-order valence-electron chi connectivity index (χ3n) is 3.43. The molecule has 1 fully saturated rings. The number of aromatic nitrogens is 1. The molecule has 108 valence electrons. The molecule has 1 aromatic heterocycles. The van der Waals surface area contributed by atoms with Crippen molar-refractivity contribution in [3.8, 4) is 5.88 Å². The van der Waals surface area contributed by atoms with Crippen molar-refractivity contribution >= 4 is 11.9 Å². The topological polar surface area (TPSA) is 68.7 Å². The number of hydrogen-bond acceptors (Lipinski definition) is 5. The minimum Gasteiger partial charge on any atom is -0.480 e. The molecule has 0 radical (unpaired) electrons. The van der Waals surface area contributed by atoms with Crippen LogP contribution >= 0.6 is 0 Å². The Labute approximate surface area is 117 Å². The molecule has 20 heavy (non-hydrogen) atoms. The second-order valence-electron chi connectivity index (χ2n) is 4.59. The van der Waals surface area contributed by atoms with Crippen LogP contribution in [0.4, 0.5) is 0 Å². The van der Waals surface area contributed by atoms with E-state index in [4.69, 9.17) is 9.47 Å². The third-order valence-corrected chi connectivity index (χ3v) is 3.43. The first-order chi connectivity index (χ1) is 9.69. The Morgan fingerprint density at radius 2 is 2.15 bits per heavy atom. The van der Waals surface area contributed by atoms with Crippen LogP contribution in [0.15, 0.2) is 18.3 Å². The number of carbonyl (C=O) groups is 2. The maximum absolute atomic E-state index is 12.6. The van der Waals surface area contributed by atoms with Crippen molar-refractivity contribution in [1.82, 2.24) is 9.88 Å². The molecular weight excluding hydrogens is 260 g/mol. The summed E-state index contributed by atoms with van der Waals surface area (Å²) in [4.78, 5) is 30.0. The van der Waals surface area contributed by atoms with Gasteiger partial charge in [0.1, 0.15) is 11.6 Å². The van der Waals surface area contributed by atoms with Gasteiger partial charge in [0.05, 0.1) is 14.2 Å². The SMILES string of the molecule is COC(=O)C1CCCCN1C(=O)c1cccnc1OC. The highest BCUT2D eigenvalue weighted by atomic mass is 16.5. The van der Waals surface area contributed by atoms with Gasteiger partial charge in [-0.3, -0.25) is 4.79 Å². The number of pyridine rings is 1. The van der Waals surface area contributed by atoms with E-state index < -0.39 is 6.04 Å². The number of likely N-dealkylation sites (tertiary alicyclic amines) is 1. The second-order valence-corrected chi connectivity index (χ2v) is 4.59. The first-order valence-corrected chi connectivity index (χ1v) is 6.57. The number of amides is 1. The first kappa shape index (κ1) is 14.3. The molecule has 0 aromatic carbocycles. The molecule has 1 aromatic rings. The molecule has 6 heteroatoms. The monoisotopic (exact) mass is 278 g/mol. The number of carbonyl (C=O) groups excluding carboxylic acids is 2. The number of methoxy groups -OCH3 is 2. The largest absolute Gasteiger partial charge is 0.480 e. The van der Waals surface area contributed by atoms with Crippen molar-refractivity contribution in [2.24, 2.45) is 0 Å². The summed E-state index contributed by atoms with van der Waals surface area (Å²) in [7, 11) is 2.80. The molecule has 2 rings (SSSR count). The summed E-state index contributed by atoms with van der Waals surface area (Å²) in [6, 6.07) is 2.80. The van der Waals surface area contributed by atoms with Crippen LogP contribution in [-0.2, 0) is 9.53 Å². The molecule has 2 heterocycles. The number of esters is 1. The fourth-order valence-corrected chi connectivity index (χ4v) is 2.43.